The molecule has 2 heterocycles. The summed E-state index contributed by atoms with van der Waals surface area (Å²) in [5.41, 5.74) is 5.81. The van der Waals surface area contributed by atoms with Crippen molar-refractivity contribution in [1.29, 1.82) is 0 Å². The second-order valence-corrected chi connectivity index (χ2v) is 6.78. The molecule has 2 atom stereocenters. The quantitative estimate of drug-likeness (QED) is 0.883. The van der Waals surface area contributed by atoms with Crippen LogP contribution in [-0.2, 0) is 9.53 Å². The van der Waals surface area contributed by atoms with Gasteiger partial charge in [0.1, 0.15) is 11.1 Å². The molecule has 122 valence electrons. The fourth-order valence-electron chi connectivity index (χ4n) is 1.96. The Balaban J connectivity index is 0.00000200. The van der Waals surface area contributed by atoms with Gasteiger partial charge in [-0.2, -0.15) is 0 Å². The fourth-order valence-corrected chi connectivity index (χ4v) is 2.64. The van der Waals surface area contributed by atoms with Gasteiger partial charge in [0.15, 0.2) is 0 Å². The van der Waals surface area contributed by atoms with E-state index < -0.39 is 6.04 Å². The standard InChI is InChI=1S/C13H21N3O2S.2ClH/c1-13(2,3)10(14)12(17)16-5-6-18-9(8-16)11-15-4-7-19-11;;/h4,7,9-10H,5-6,8,14H2,1-3H3;2*1H/t9?,10-;;/m1../s1. The molecule has 1 aromatic heterocycles. The lowest BCUT2D eigenvalue weighted by Gasteiger charge is -2.36. The molecule has 1 aromatic rings. The Kier molecular flexibility index (Phi) is 8.13. The number of carbonyl (C=O) groups excluding carboxylic acids is 1. The van der Waals surface area contributed by atoms with E-state index in [0.29, 0.717) is 19.7 Å². The summed E-state index contributed by atoms with van der Waals surface area (Å²) in [4.78, 5) is 18.4. The summed E-state index contributed by atoms with van der Waals surface area (Å²) in [6.07, 6.45) is 1.63. The number of halogens is 2. The van der Waals surface area contributed by atoms with Crippen molar-refractivity contribution in [1.82, 2.24) is 9.88 Å². The van der Waals surface area contributed by atoms with Gasteiger partial charge in [-0.3, -0.25) is 4.79 Å². The molecule has 0 radical (unpaired) electrons. The van der Waals surface area contributed by atoms with Gasteiger partial charge in [-0.1, -0.05) is 20.8 Å². The van der Waals surface area contributed by atoms with Crippen LogP contribution in [0.5, 0.6) is 0 Å². The van der Waals surface area contributed by atoms with E-state index >= 15 is 0 Å². The summed E-state index contributed by atoms with van der Waals surface area (Å²) in [7, 11) is 0. The van der Waals surface area contributed by atoms with Crippen LogP contribution in [0.3, 0.4) is 0 Å². The number of ether oxygens (including phenoxy) is 1. The van der Waals surface area contributed by atoms with E-state index in [2.05, 4.69) is 4.98 Å². The van der Waals surface area contributed by atoms with Crippen molar-refractivity contribution in [3.8, 4) is 0 Å². The van der Waals surface area contributed by atoms with E-state index in [0.717, 1.165) is 5.01 Å². The highest BCUT2D eigenvalue weighted by Gasteiger charge is 2.34. The SMILES string of the molecule is CC(C)(C)[C@H](N)C(=O)N1CCOC(c2nccs2)C1.Cl.Cl. The Morgan fingerprint density at radius 3 is 2.71 bits per heavy atom. The normalized spacial score (nSPS) is 20.2. The first-order valence-electron chi connectivity index (χ1n) is 6.45. The fraction of sp³-hybridized carbons (Fsp3) is 0.692. The van der Waals surface area contributed by atoms with Gasteiger partial charge < -0.3 is 15.4 Å². The maximum absolute atomic E-state index is 12.4. The van der Waals surface area contributed by atoms with E-state index in [-0.39, 0.29) is 42.2 Å². The van der Waals surface area contributed by atoms with E-state index in [1.807, 2.05) is 26.2 Å². The maximum atomic E-state index is 12.4. The van der Waals surface area contributed by atoms with Gasteiger partial charge in [0.25, 0.3) is 0 Å². The molecule has 1 aliphatic heterocycles. The van der Waals surface area contributed by atoms with Gasteiger partial charge in [0.2, 0.25) is 5.91 Å². The predicted molar refractivity (Wildman–Crippen MR) is 89.3 cm³/mol. The summed E-state index contributed by atoms with van der Waals surface area (Å²) in [5.74, 6) is -0.00245. The number of hydrogen-bond acceptors (Lipinski definition) is 5. The van der Waals surface area contributed by atoms with Gasteiger partial charge in [-0.25, -0.2) is 4.98 Å². The van der Waals surface area contributed by atoms with Crippen molar-refractivity contribution in [2.75, 3.05) is 19.7 Å². The highest BCUT2D eigenvalue weighted by molar-refractivity contribution is 7.09. The van der Waals surface area contributed by atoms with Crippen molar-refractivity contribution in [2.45, 2.75) is 32.9 Å². The first-order valence-corrected chi connectivity index (χ1v) is 7.33. The zero-order valence-corrected chi connectivity index (χ0v) is 14.9. The van der Waals surface area contributed by atoms with E-state index in [9.17, 15) is 4.79 Å². The van der Waals surface area contributed by atoms with Crippen LogP contribution in [0, 0.1) is 5.41 Å². The Morgan fingerprint density at radius 2 is 2.19 bits per heavy atom. The third-order valence-electron chi connectivity index (χ3n) is 3.30. The number of carbonyl (C=O) groups is 1. The van der Waals surface area contributed by atoms with E-state index in [1.165, 1.54) is 0 Å². The zero-order chi connectivity index (χ0) is 14.0. The molecule has 1 unspecified atom stereocenters. The molecule has 1 aliphatic rings. The van der Waals surface area contributed by atoms with E-state index in [4.69, 9.17) is 10.5 Å². The topological polar surface area (TPSA) is 68.5 Å². The molecule has 0 aliphatic carbocycles. The number of nitrogens with two attached hydrogens (primary N) is 1. The van der Waals surface area contributed by atoms with Crippen LogP contribution < -0.4 is 5.73 Å². The molecule has 8 heteroatoms. The Hall–Kier alpha value is -0.400. The zero-order valence-electron chi connectivity index (χ0n) is 12.4. The summed E-state index contributed by atoms with van der Waals surface area (Å²) in [5, 5.41) is 2.84. The number of morpholine rings is 1. The first kappa shape index (κ1) is 20.6. The number of thiazole rings is 1. The molecule has 1 fully saturated rings. The Morgan fingerprint density at radius 1 is 1.52 bits per heavy atom. The molecule has 0 bridgehead atoms. The molecule has 1 amide bonds. The van der Waals surface area contributed by atoms with Crippen LogP contribution >= 0.6 is 36.2 Å². The molecule has 0 saturated carbocycles. The smallest absolute Gasteiger partial charge is 0.240 e. The summed E-state index contributed by atoms with van der Waals surface area (Å²) in [6.45, 7) is 7.62. The number of nitrogens with zero attached hydrogens (tertiary/aromatic N) is 2. The lowest BCUT2D eigenvalue weighted by Crippen LogP contribution is -2.53. The molecule has 2 rings (SSSR count). The largest absolute Gasteiger partial charge is 0.367 e. The van der Waals surface area contributed by atoms with Crippen LogP contribution in [0.4, 0.5) is 0 Å². The Bertz CT molecular complexity index is 437. The summed E-state index contributed by atoms with van der Waals surface area (Å²) < 4.78 is 5.68. The third-order valence-corrected chi connectivity index (χ3v) is 4.17. The van der Waals surface area contributed by atoms with Crippen molar-refractivity contribution < 1.29 is 9.53 Å². The Labute approximate surface area is 142 Å². The minimum absolute atomic E-state index is 0. The van der Waals surface area contributed by atoms with Gasteiger partial charge >= 0.3 is 0 Å². The molecule has 1 saturated heterocycles. The summed E-state index contributed by atoms with van der Waals surface area (Å²) in [6, 6.07) is -0.484. The van der Waals surface area contributed by atoms with E-state index in [1.54, 1.807) is 22.4 Å². The molecular weight excluding hydrogens is 333 g/mol. The lowest BCUT2D eigenvalue weighted by atomic mass is 9.86. The monoisotopic (exact) mass is 355 g/mol. The highest BCUT2D eigenvalue weighted by atomic mass is 35.5. The minimum atomic E-state index is -0.484. The van der Waals surface area contributed by atoms with Gasteiger partial charge in [-0.05, 0) is 5.41 Å². The number of rotatable bonds is 2. The molecule has 0 spiro atoms. The second kappa shape index (κ2) is 8.29. The van der Waals surface area contributed by atoms with Crippen molar-refractivity contribution in [2.24, 2.45) is 11.1 Å². The van der Waals surface area contributed by atoms with Crippen LogP contribution in [0.2, 0.25) is 0 Å². The number of hydrogen-bond donors (Lipinski definition) is 1. The summed E-state index contributed by atoms with van der Waals surface area (Å²) >= 11 is 1.55. The molecule has 0 aromatic carbocycles. The van der Waals surface area contributed by atoms with Crippen LogP contribution in [0.1, 0.15) is 31.9 Å². The average Bonchev–Trinajstić information content (AvgIpc) is 2.90. The van der Waals surface area contributed by atoms with Crippen LogP contribution in [-0.4, -0.2) is 41.5 Å². The third kappa shape index (κ3) is 5.07. The van der Waals surface area contributed by atoms with Gasteiger partial charge in [0, 0.05) is 18.1 Å². The minimum Gasteiger partial charge on any atom is -0.367 e. The first-order chi connectivity index (χ1) is 8.89. The lowest BCUT2D eigenvalue weighted by molar-refractivity contribution is -0.142. The number of amides is 1. The van der Waals surface area contributed by atoms with Crippen molar-refractivity contribution in [3.63, 3.8) is 0 Å². The molecule has 5 nitrogen and oxygen atoms in total. The predicted octanol–water partition coefficient (Wildman–Crippen LogP) is 2.26. The average molecular weight is 356 g/mol. The highest BCUT2D eigenvalue weighted by Crippen LogP contribution is 2.26. The number of aromatic nitrogens is 1. The van der Waals surface area contributed by atoms with Crippen LogP contribution in [0.15, 0.2) is 11.6 Å². The maximum Gasteiger partial charge on any atom is 0.240 e. The van der Waals surface area contributed by atoms with Crippen molar-refractivity contribution in [3.05, 3.63) is 16.6 Å². The van der Waals surface area contributed by atoms with Crippen LogP contribution in [0.25, 0.3) is 0 Å². The molecule has 21 heavy (non-hydrogen) atoms. The van der Waals surface area contributed by atoms with Gasteiger partial charge in [0.05, 0.1) is 19.2 Å². The molecular formula is C13H23Cl2N3O2S. The van der Waals surface area contributed by atoms with Gasteiger partial charge in [-0.15, -0.1) is 36.2 Å². The molecule has 2 N–H and O–H groups in total. The second-order valence-electron chi connectivity index (χ2n) is 5.86. The van der Waals surface area contributed by atoms with Crippen molar-refractivity contribution >= 4 is 42.1 Å².